The predicted molar refractivity (Wildman–Crippen MR) is 105 cm³/mol. The zero-order valence-electron chi connectivity index (χ0n) is 14.5. The number of nitrogens with zero attached hydrogens (tertiary/aromatic N) is 2. The van der Waals surface area contributed by atoms with E-state index in [4.69, 9.17) is 4.74 Å². The smallest absolute Gasteiger partial charge is 0.251 e. The Balaban J connectivity index is 1.31. The zero-order chi connectivity index (χ0) is 17.8. The normalized spacial score (nSPS) is 14.5. The molecule has 1 saturated heterocycles. The molecule has 1 N–H and O–H groups in total. The van der Waals surface area contributed by atoms with Gasteiger partial charge in [-0.05, 0) is 36.4 Å². The summed E-state index contributed by atoms with van der Waals surface area (Å²) in [4.78, 5) is 19.2. The fourth-order valence-corrected chi connectivity index (χ4v) is 4.02. The van der Waals surface area contributed by atoms with Gasteiger partial charge in [-0.1, -0.05) is 12.1 Å². The van der Waals surface area contributed by atoms with E-state index in [1.54, 1.807) is 11.3 Å². The minimum atomic E-state index is -0.0420. The first kappa shape index (κ1) is 17.0. The number of hydrogen-bond donors (Lipinski definition) is 1. The Morgan fingerprint density at radius 3 is 2.65 bits per heavy atom. The maximum atomic E-state index is 12.3. The van der Waals surface area contributed by atoms with Crippen LogP contribution in [0.3, 0.4) is 0 Å². The van der Waals surface area contributed by atoms with Gasteiger partial charge in [0.05, 0.1) is 28.4 Å². The van der Waals surface area contributed by atoms with Crippen molar-refractivity contribution in [2.75, 3.05) is 37.7 Å². The molecule has 3 aromatic rings. The van der Waals surface area contributed by atoms with Gasteiger partial charge >= 0.3 is 0 Å². The lowest BCUT2D eigenvalue weighted by atomic mass is 10.1. The minimum Gasteiger partial charge on any atom is -0.378 e. The van der Waals surface area contributed by atoms with Crippen LogP contribution in [0.5, 0.6) is 0 Å². The number of anilines is 1. The van der Waals surface area contributed by atoms with Gasteiger partial charge in [0.1, 0.15) is 0 Å². The first-order valence-electron chi connectivity index (χ1n) is 8.85. The minimum absolute atomic E-state index is 0.0420. The van der Waals surface area contributed by atoms with E-state index in [1.165, 1.54) is 4.70 Å². The summed E-state index contributed by atoms with van der Waals surface area (Å²) < 4.78 is 6.56. The Hall–Kier alpha value is -2.44. The molecule has 0 bridgehead atoms. The number of morpholine rings is 1. The van der Waals surface area contributed by atoms with E-state index in [-0.39, 0.29) is 5.91 Å². The number of benzene rings is 2. The molecule has 0 spiro atoms. The number of carbonyl (C=O) groups excluding carboxylic acids is 1. The molecule has 2 heterocycles. The lowest BCUT2D eigenvalue weighted by Crippen LogP contribution is -2.36. The number of carbonyl (C=O) groups is 1. The number of hydrogen-bond acceptors (Lipinski definition) is 5. The summed E-state index contributed by atoms with van der Waals surface area (Å²) in [6.45, 7) is 3.90. The number of thiazole rings is 1. The number of amides is 1. The summed E-state index contributed by atoms with van der Waals surface area (Å²) >= 11 is 1.68. The molecule has 1 aliphatic heterocycles. The molecule has 4 rings (SSSR count). The Labute approximate surface area is 156 Å². The van der Waals surface area contributed by atoms with Crippen LogP contribution in [0.25, 0.3) is 10.2 Å². The fraction of sp³-hybridized carbons (Fsp3) is 0.300. The molecule has 1 fully saturated rings. The van der Waals surface area contributed by atoms with Gasteiger partial charge in [0.2, 0.25) is 0 Å². The van der Waals surface area contributed by atoms with E-state index in [9.17, 15) is 4.79 Å². The number of nitrogens with one attached hydrogen (secondary N) is 1. The summed E-state index contributed by atoms with van der Waals surface area (Å²) in [6, 6.07) is 15.9. The fourth-order valence-electron chi connectivity index (χ4n) is 3.06. The van der Waals surface area contributed by atoms with E-state index >= 15 is 0 Å². The van der Waals surface area contributed by atoms with Crippen LogP contribution in [-0.2, 0) is 11.2 Å². The largest absolute Gasteiger partial charge is 0.378 e. The molecule has 1 aromatic heterocycles. The summed E-state index contributed by atoms with van der Waals surface area (Å²) in [6.07, 6.45) is 0.747. The maximum Gasteiger partial charge on any atom is 0.251 e. The summed E-state index contributed by atoms with van der Waals surface area (Å²) in [5.41, 5.74) is 2.85. The van der Waals surface area contributed by atoms with E-state index in [0.717, 1.165) is 48.9 Å². The van der Waals surface area contributed by atoms with Crippen molar-refractivity contribution in [2.24, 2.45) is 0 Å². The van der Waals surface area contributed by atoms with Gasteiger partial charge in [0, 0.05) is 37.3 Å². The van der Waals surface area contributed by atoms with Gasteiger partial charge in [0.15, 0.2) is 0 Å². The highest BCUT2D eigenvalue weighted by Crippen LogP contribution is 2.21. The second-order valence-corrected chi connectivity index (χ2v) is 7.34. The van der Waals surface area contributed by atoms with Crippen molar-refractivity contribution in [3.05, 3.63) is 59.1 Å². The van der Waals surface area contributed by atoms with Gasteiger partial charge < -0.3 is 15.0 Å². The van der Waals surface area contributed by atoms with Gasteiger partial charge in [-0.3, -0.25) is 4.79 Å². The first-order valence-corrected chi connectivity index (χ1v) is 9.67. The van der Waals surface area contributed by atoms with Crippen molar-refractivity contribution in [3.8, 4) is 0 Å². The molecule has 0 saturated carbocycles. The molecule has 0 unspecified atom stereocenters. The average molecular weight is 367 g/mol. The van der Waals surface area contributed by atoms with Crippen molar-refractivity contribution in [3.63, 3.8) is 0 Å². The van der Waals surface area contributed by atoms with Crippen molar-refractivity contribution in [1.82, 2.24) is 10.3 Å². The van der Waals surface area contributed by atoms with Crippen LogP contribution in [0.4, 0.5) is 5.69 Å². The van der Waals surface area contributed by atoms with Crippen LogP contribution in [0.2, 0.25) is 0 Å². The SMILES string of the molecule is O=C(NCCc1nc2ccccc2s1)c1ccc(N2CCOCC2)cc1. The topological polar surface area (TPSA) is 54.5 Å². The van der Waals surface area contributed by atoms with Crippen LogP contribution >= 0.6 is 11.3 Å². The lowest BCUT2D eigenvalue weighted by molar-refractivity contribution is 0.0954. The zero-order valence-corrected chi connectivity index (χ0v) is 15.3. The molecule has 0 aliphatic carbocycles. The number of rotatable bonds is 5. The molecule has 26 heavy (non-hydrogen) atoms. The molecule has 0 radical (unpaired) electrons. The van der Waals surface area contributed by atoms with Crippen LogP contribution in [0.1, 0.15) is 15.4 Å². The van der Waals surface area contributed by atoms with Crippen LogP contribution in [0.15, 0.2) is 48.5 Å². The number of ether oxygens (including phenoxy) is 1. The highest BCUT2D eigenvalue weighted by molar-refractivity contribution is 7.18. The highest BCUT2D eigenvalue weighted by Gasteiger charge is 2.12. The monoisotopic (exact) mass is 367 g/mol. The van der Waals surface area contributed by atoms with Gasteiger partial charge in [0.25, 0.3) is 5.91 Å². The molecule has 1 amide bonds. The molecule has 0 atom stereocenters. The third-order valence-corrected chi connectivity index (χ3v) is 5.56. The van der Waals surface area contributed by atoms with Crippen LogP contribution in [0, 0.1) is 0 Å². The molecule has 6 heteroatoms. The number of fused-ring (bicyclic) bond motifs is 1. The Morgan fingerprint density at radius 1 is 1.12 bits per heavy atom. The predicted octanol–water partition coefficient (Wildman–Crippen LogP) is 3.11. The Morgan fingerprint density at radius 2 is 1.88 bits per heavy atom. The maximum absolute atomic E-state index is 12.3. The van der Waals surface area contributed by atoms with Crippen molar-refractivity contribution < 1.29 is 9.53 Å². The molecule has 5 nitrogen and oxygen atoms in total. The average Bonchev–Trinajstić information content (AvgIpc) is 3.11. The molecule has 134 valence electrons. The Kier molecular flexibility index (Phi) is 5.13. The number of aromatic nitrogens is 1. The number of para-hydroxylation sites is 1. The first-order chi connectivity index (χ1) is 12.8. The van der Waals surface area contributed by atoms with Crippen LogP contribution < -0.4 is 10.2 Å². The molecular formula is C20H21N3O2S. The van der Waals surface area contributed by atoms with Crippen molar-refractivity contribution in [1.29, 1.82) is 0 Å². The summed E-state index contributed by atoms with van der Waals surface area (Å²) in [7, 11) is 0. The molecule has 1 aliphatic rings. The Bertz CT molecular complexity index is 852. The second-order valence-electron chi connectivity index (χ2n) is 6.23. The second kappa shape index (κ2) is 7.85. The quantitative estimate of drug-likeness (QED) is 0.753. The van der Waals surface area contributed by atoms with Gasteiger partial charge in [-0.15, -0.1) is 11.3 Å². The summed E-state index contributed by atoms with van der Waals surface area (Å²) in [5.74, 6) is -0.0420. The van der Waals surface area contributed by atoms with Crippen LogP contribution in [-0.4, -0.2) is 43.7 Å². The van der Waals surface area contributed by atoms with E-state index in [2.05, 4.69) is 21.3 Å². The third-order valence-electron chi connectivity index (χ3n) is 4.47. The van der Waals surface area contributed by atoms with Crippen molar-refractivity contribution in [2.45, 2.75) is 6.42 Å². The van der Waals surface area contributed by atoms with E-state index in [1.807, 2.05) is 42.5 Å². The van der Waals surface area contributed by atoms with E-state index in [0.29, 0.717) is 12.1 Å². The third kappa shape index (κ3) is 3.86. The molecular weight excluding hydrogens is 346 g/mol. The van der Waals surface area contributed by atoms with Gasteiger partial charge in [-0.25, -0.2) is 4.98 Å². The summed E-state index contributed by atoms with van der Waals surface area (Å²) in [5, 5.41) is 4.04. The van der Waals surface area contributed by atoms with E-state index < -0.39 is 0 Å². The molecule has 2 aromatic carbocycles. The standard InChI is InChI=1S/C20H21N3O2S/c24-20(15-5-7-16(8-6-15)23-11-13-25-14-12-23)21-10-9-19-22-17-3-1-2-4-18(17)26-19/h1-8H,9-14H2,(H,21,24). The van der Waals surface area contributed by atoms with Gasteiger partial charge in [-0.2, -0.15) is 0 Å². The van der Waals surface area contributed by atoms with Crippen molar-refractivity contribution >= 4 is 33.1 Å². The lowest BCUT2D eigenvalue weighted by Gasteiger charge is -2.28. The highest BCUT2D eigenvalue weighted by atomic mass is 32.1.